The van der Waals surface area contributed by atoms with Crippen LogP contribution in [-0.2, 0) is 28.6 Å². The molecule has 0 heterocycles. The summed E-state index contributed by atoms with van der Waals surface area (Å²) in [6.07, 6.45) is 71.7. The van der Waals surface area contributed by atoms with Crippen molar-refractivity contribution in [2.45, 2.75) is 361 Å². The van der Waals surface area contributed by atoms with Gasteiger partial charge in [0.15, 0.2) is 6.10 Å². The predicted molar refractivity (Wildman–Crippen MR) is 307 cm³/mol. The van der Waals surface area contributed by atoms with Crippen molar-refractivity contribution in [2.24, 2.45) is 0 Å². The zero-order chi connectivity index (χ0) is 51.4. The Morgan fingerprint density at radius 2 is 0.507 bits per heavy atom. The van der Waals surface area contributed by atoms with Crippen LogP contribution in [0.4, 0.5) is 0 Å². The maximum absolute atomic E-state index is 12.9. The third-order valence-corrected chi connectivity index (χ3v) is 14.5. The molecule has 1 unspecified atom stereocenters. The summed E-state index contributed by atoms with van der Waals surface area (Å²) >= 11 is 0. The third kappa shape index (κ3) is 58.7. The lowest BCUT2D eigenvalue weighted by Gasteiger charge is -2.18. The molecule has 0 aromatic rings. The van der Waals surface area contributed by atoms with Gasteiger partial charge >= 0.3 is 17.9 Å². The number of carbonyl (C=O) groups is 3. The molecule has 71 heavy (non-hydrogen) atoms. The number of hydrogen-bond acceptors (Lipinski definition) is 6. The van der Waals surface area contributed by atoms with E-state index in [2.05, 4.69) is 45.1 Å². The van der Waals surface area contributed by atoms with E-state index in [0.717, 1.165) is 70.6 Å². The van der Waals surface area contributed by atoms with Crippen molar-refractivity contribution >= 4 is 17.9 Å². The molecule has 6 nitrogen and oxygen atoms in total. The first kappa shape index (κ1) is 68.9. The van der Waals surface area contributed by atoms with Gasteiger partial charge in [0.2, 0.25) is 0 Å². The highest BCUT2D eigenvalue weighted by Gasteiger charge is 2.19. The van der Waals surface area contributed by atoms with Crippen LogP contribution in [0.2, 0.25) is 0 Å². The molecule has 0 aliphatic rings. The SMILES string of the molecule is CCCCCC/C=C\C/C=C\CCCCCCCCCC(=O)OCC(COC(=O)CCCCCCCCCCCCCCCCCCC)OC(=O)CCCCCCCCCCCCCCCCCCCC. The summed E-state index contributed by atoms with van der Waals surface area (Å²) in [6.45, 7) is 6.69. The van der Waals surface area contributed by atoms with Crippen LogP contribution in [0.15, 0.2) is 24.3 Å². The molecule has 0 spiro atoms. The fraction of sp³-hybridized carbons (Fsp3) is 0.892. The fourth-order valence-corrected chi connectivity index (χ4v) is 9.65. The second kappa shape index (κ2) is 60.4. The molecule has 0 aromatic heterocycles. The summed E-state index contributed by atoms with van der Waals surface area (Å²) in [4.78, 5) is 38.3. The van der Waals surface area contributed by atoms with Gasteiger partial charge in [0.1, 0.15) is 13.2 Å². The molecule has 0 aliphatic heterocycles. The smallest absolute Gasteiger partial charge is 0.306 e. The molecule has 0 rings (SSSR count). The summed E-state index contributed by atoms with van der Waals surface area (Å²) in [7, 11) is 0. The third-order valence-electron chi connectivity index (χ3n) is 14.5. The van der Waals surface area contributed by atoms with E-state index < -0.39 is 6.10 Å². The van der Waals surface area contributed by atoms with E-state index in [-0.39, 0.29) is 31.1 Å². The Labute approximate surface area is 443 Å². The molecule has 0 saturated carbocycles. The van der Waals surface area contributed by atoms with Crippen LogP contribution in [0.1, 0.15) is 355 Å². The average molecular weight is 1000 g/mol. The largest absolute Gasteiger partial charge is 0.462 e. The van der Waals surface area contributed by atoms with Gasteiger partial charge in [-0.05, 0) is 51.4 Å². The number of allylic oxidation sites excluding steroid dienone is 4. The monoisotopic (exact) mass is 999 g/mol. The van der Waals surface area contributed by atoms with Gasteiger partial charge < -0.3 is 14.2 Å². The van der Waals surface area contributed by atoms with Crippen molar-refractivity contribution in [1.82, 2.24) is 0 Å². The molecular weight excluding hydrogens is 877 g/mol. The lowest BCUT2D eigenvalue weighted by molar-refractivity contribution is -0.167. The Morgan fingerprint density at radius 3 is 0.789 bits per heavy atom. The number of esters is 3. The number of carbonyl (C=O) groups excluding carboxylic acids is 3. The quantitative estimate of drug-likeness (QED) is 0.0261. The van der Waals surface area contributed by atoms with Crippen LogP contribution in [0, 0.1) is 0 Å². The molecule has 0 N–H and O–H groups in total. The first-order valence-electron chi connectivity index (χ1n) is 31.8. The van der Waals surface area contributed by atoms with E-state index in [9.17, 15) is 14.4 Å². The predicted octanol–water partition coefficient (Wildman–Crippen LogP) is 21.4. The maximum atomic E-state index is 12.9. The highest BCUT2D eigenvalue weighted by Crippen LogP contribution is 2.18. The number of unbranched alkanes of at least 4 members (excludes halogenated alkanes) is 44. The van der Waals surface area contributed by atoms with E-state index in [1.165, 1.54) is 244 Å². The van der Waals surface area contributed by atoms with Gasteiger partial charge in [0, 0.05) is 19.3 Å². The van der Waals surface area contributed by atoms with Gasteiger partial charge in [-0.3, -0.25) is 14.4 Å². The van der Waals surface area contributed by atoms with Gasteiger partial charge in [-0.2, -0.15) is 0 Å². The summed E-state index contributed by atoms with van der Waals surface area (Å²) < 4.78 is 17.0. The zero-order valence-electron chi connectivity index (χ0n) is 48.0. The van der Waals surface area contributed by atoms with Crippen molar-refractivity contribution in [2.75, 3.05) is 13.2 Å². The van der Waals surface area contributed by atoms with Crippen LogP contribution in [0.5, 0.6) is 0 Å². The van der Waals surface area contributed by atoms with Crippen LogP contribution in [0.25, 0.3) is 0 Å². The van der Waals surface area contributed by atoms with E-state index in [0.29, 0.717) is 19.3 Å². The summed E-state index contributed by atoms with van der Waals surface area (Å²) in [5.74, 6) is -0.847. The highest BCUT2D eigenvalue weighted by atomic mass is 16.6. The maximum Gasteiger partial charge on any atom is 0.306 e. The minimum atomic E-state index is -0.770. The molecule has 6 heteroatoms. The molecule has 0 bridgehead atoms. The lowest BCUT2D eigenvalue weighted by Crippen LogP contribution is -2.30. The van der Waals surface area contributed by atoms with Gasteiger partial charge in [-0.15, -0.1) is 0 Å². The Morgan fingerprint density at radius 1 is 0.282 bits per heavy atom. The van der Waals surface area contributed by atoms with Crippen molar-refractivity contribution in [1.29, 1.82) is 0 Å². The van der Waals surface area contributed by atoms with Crippen LogP contribution in [0.3, 0.4) is 0 Å². The number of ether oxygens (including phenoxy) is 3. The normalized spacial score (nSPS) is 12.1. The van der Waals surface area contributed by atoms with Crippen LogP contribution in [-0.4, -0.2) is 37.2 Å². The average Bonchev–Trinajstić information content (AvgIpc) is 3.37. The summed E-state index contributed by atoms with van der Waals surface area (Å²) in [5, 5.41) is 0. The first-order chi connectivity index (χ1) is 35.0. The minimum Gasteiger partial charge on any atom is -0.462 e. The van der Waals surface area contributed by atoms with Crippen molar-refractivity contribution in [3.05, 3.63) is 24.3 Å². The Kier molecular flexibility index (Phi) is 58.6. The zero-order valence-corrected chi connectivity index (χ0v) is 48.0. The van der Waals surface area contributed by atoms with Crippen LogP contribution >= 0.6 is 0 Å². The summed E-state index contributed by atoms with van der Waals surface area (Å²) in [5.41, 5.74) is 0. The van der Waals surface area contributed by atoms with Gasteiger partial charge in [-0.1, -0.05) is 308 Å². The van der Waals surface area contributed by atoms with E-state index in [1.807, 2.05) is 0 Å². The highest BCUT2D eigenvalue weighted by molar-refractivity contribution is 5.71. The number of hydrogen-bond donors (Lipinski definition) is 0. The molecular formula is C65H122O6. The Balaban J connectivity index is 4.33. The molecule has 0 aliphatic carbocycles. The second-order valence-electron chi connectivity index (χ2n) is 21.7. The molecule has 418 valence electrons. The van der Waals surface area contributed by atoms with Crippen molar-refractivity contribution in [3.8, 4) is 0 Å². The van der Waals surface area contributed by atoms with E-state index in [4.69, 9.17) is 14.2 Å². The van der Waals surface area contributed by atoms with Gasteiger partial charge in [-0.25, -0.2) is 0 Å². The second-order valence-corrected chi connectivity index (χ2v) is 21.7. The van der Waals surface area contributed by atoms with Crippen molar-refractivity contribution in [3.63, 3.8) is 0 Å². The molecule has 0 amide bonds. The van der Waals surface area contributed by atoms with E-state index >= 15 is 0 Å². The van der Waals surface area contributed by atoms with Crippen molar-refractivity contribution < 1.29 is 28.6 Å². The van der Waals surface area contributed by atoms with Crippen LogP contribution < -0.4 is 0 Å². The summed E-state index contributed by atoms with van der Waals surface area (Å²) in [6, 6.07) is 0. The molecule has 1 atom stereocenters. The fourth-order valence-electron chi connectivity index (χ4n) is 9.65. The molecule has 0 radical (unpaired) electrons. The Bertz CT molecular complexity index is 1150. The van der Waals surface area contributed by atoms with Gasteiger partial charge in [0.05, 0.1) is 0 Å². The first-order valence-corrected chi connectivity index (χ1v) is 31.8. The topological polar surface area (TPSA) is 78.9 Å². The molecule has 0 fully saturated rings. The van der Waals surface area contributed by atoms with Gasteiger partial charge in [0.25, 0.3) is 0 Å². The lowest BCUT2D eigenvalue weighted by atomic mass is 10.0. The molecule has 0 aromatic carbocycles. The number of rotatable bonds is 59. The minimum absolute atomic E-state index is 0.0675. The standard InChI is InChI=1S/C65H122O6/c1-4-7-10-13-16-19-22-25-28-31-34-37-40-43-46-49-52-55-58-64(67)70-61-62(60-69-63(66)57-54-51-48-45-42-39-36-33-30-27-24-21-18-15-12-9-6-3)71-65(68)59-56-53-50-47-44-41-38-35-32-29-26-23-20-17-14-11-8-5-2/h19,22,28,31,62H,4-18,20-21,23-27,29-30,32-61H2,1-3H3/b22-19-,31-28-. The Hall–Kier alpha value is -2.11. The molecule has 0 saturated heterocycles. The van der Waals surface area contributed by atoms with E-state index in [1.54, 1.807) is 0 Å².